The standard InChI is InChI=1S/C14H20F2N2O2S/c1-18-8-2-3-11(10-18)9-17-12-4-6-13(7-5-12)21(19,20)14(15)16/h4-7,11,14,17H,2-3,8-10H2,1H3. The molecule has 1 N–H and O–H groups in total. The molecule has 4 nitrogen and oxygen atoms in total. The molecule has 1 aliphatic heterocycles. The third-order valence-corrected chi connectivity index (χ3v) is 5.13. The molecule has 1 saturated heterocycles. The van der Waals surface area contributed by atoms with E-state index in [-0.39, 0.29) is 4.90 Å². The number of halogens is 2. The number of alkyl halides is 2. The highest BCUT2D eigenvalue weighted by atomic mass is 32.2. The van der Waals surface area contributed by atoms with Gasteiger partial charge in [0.2, 0.25) is 9.84 Å². The topological polar surface area (TPSA) is 49.4 Å². The lowest BCUT2D eigenvalue weighted by atomic mass is 9.98. The van der Waals surface area contributed by atoms with Crippen molar-refractivity contribution in [1.82, 2.24) is 4.90 Å². The summed E-state index contributed by atoms with van der Waals surface area (Å²) < 4.78 is 47.5. The van der Waals surface area contributed by atoms with Crippen LogP contribution in [0.25, 0.3) is 0 Å². The van der Waals surface area contributed by atoms with Crippen LogP contribution in [0, 0.1) is 5.92 Å². The Labute approximate surface area is 124 Å². The van der Waals surface area contributed by atoms with E-state index in [1.54, 1.807) is 0 Å². The average molecular weight is 318 g/mol. The maximum Gasteiger partial charge on any atom is 0.341 e. The molecular formula is C14H20F2N2O2S. The van der Waals surface area contributed by atoms with Crippen LogP contribution >= 0.6 is 0 Å². The predicted molar refractivity (Wildman–Crippen MR) is 78.3 cm³/mol. The second-order valence-corrected chi connectivity index (χ2v) is 7.40. The Morgan fingerprint density at radius 1 is 1.33 bits per heavy atom. The highest BCUT2D eigenvalue weighted by molar-refractivity contribution is 7.91. The van der Waals surface area contributed by atoms with E-state index in [2.05, 4.69) is 17.3 Å². The molecule has 1 heterocycles. The van der Waals surface area contributed by atoms with E-state index in [1.807, 2.05) is 0 Å². The largest absolute Gasteiger partial charge is 0.385 e. The number of piperidine rings is 1. The summed E-state index contributed by atoms with van der Waals surface area (Å²) in [4.78, 5) is 1.94. The number of hydrogen-bond acceptors (Lipinski definition) is 4. The Morgan fingerprint density at radius 2 is 2.00 bits per heavy atom. The normalized spacial score (nSPS) is 20.7. The van der Waals surface area contributed by atoms with Gasteiger partial charge in [-0.25, -0.2) is 8.42 Å². The Kier molecular flexibility index (Phi) is 5.16. The van der Waals surface area contributed by atoms with Crippen molar-refractivity contribution in [2.75, 3.05) is 32.0 Å². The van der Waals surface area contributed by atoms with Crippen molar-refractivity contribution in [1.29, 1.82) is 0 Å². The Hall–Kier alpha value is -1.21. The molecule has 0 aromatic heterocycles. The zero-order chi connectivity index (χ0) is 15.5. The molecule has 2 rings (SSSR count). The lowest BCUT2D eigenvalue weighted by Crippen LogP contribution is -2.35. The van der Waals surface area contributed by atoms with Crippen LogP contribution in [0.15, 0.2) is 29.2 Å². The maximum absolute atomic E-state index is 12.4. The van der Waals surface area contributed by atoms with Gasteiger partial charge in [-0.05, 0) is 56.6 Å². The number of rotatable bonds is 5. The molecule has 1 fully saturated rings. The minimum atomic E-state index is -4.50. The SMILES string of the molecule is CN1CCCC(CNc2ccc(S(=O)(=O)C(F)F)cc2)C1. The number of anilines is 1. The second kappa shape index (κ2) is 6.70. The van der Waals surface area contributed by atoms with Gasteiger partial charge in [0, 0.05) is 18.8 Å². The van der Waals surface area contributed by atoms with Gasteiger partial charge in [-0.1, -0.05) is 0 Å². The van der Waals surface area contributed by atoms with Gasteiger partial charge in [0.05, 0.1) is 4.90 Å². The molecule has 1 atom stereocenters. The first kappa shape index (κ1) is 16.2. The van der Waals surface area contributed by atoms with Gasteiger partial charge in [-0.3, -0.25) is 0 Å². The van der Waals surface area contributed by atoms with Gasteiger partial charge >= 0.3 is 5.76 Å². The first-order valence-electron chi connectivity index (χ1n) is 6.94. The summed E-state index contributed by atoms with van der Waals surface area (Å²) in [7, 11) is -2.41. The van der Waals surface area contributed by atoms with Crippen molar-refractivity contribution in [2.45, 2.75) is 23.5 Å². The van der Waals surface area contributed by atoms with Crippen LogP contribution in [-0.2, 0) is 9.84 Å². The number of benzene rings is 1. The Bertz CT molecular complexity index is 561. The molecule has 1 aromatic rings. The molecule has 1 unspecified atom stereocenters. The number of sulfone groups is 1. The van der Waals surface area contributed by atoms with Gasteiger partial charge in [0.25, 0.3) is 0 Å². The molecule has 1 aliphatic rings. The lowest BCUT2D eigenvalue weighted by Gasteiger charge is -2.29. The van der Waals surface area contributed by atoms with Gasteiger partial charge in [0.15, 0.2) is 0 Å². The minimum absolute atomic E-state index is 0.347. The highest BCUT2D eigenvalue weighted by Crippen LogP contribution is 2.21. The zero-order valence-corrected chi connectivity index (χ0v) is 12.7. The van der Waals surface area contributed by atoms with E-state index in [9.17, 15) is 17.2 Å². The van der Waals surface area contributed by atoms with Gasteiger partial charge in [0.1, 0.15) is 0 Å². The van der Waals surface area contributed by atoms with Crippen LogP contribution in [0.2, 0.25) is 0 Å². The molecule has 0 aliphatic carbocycles. The van der Waals surface area contributed by atoms with Crippen molar-refractivity contribution >= 4 is 15.5 Å². The molecule has 118 valence electrons. The van der Waals surface area contributed by atoms with Crippen LogP contribution in [0.5, 0.6) is 0 Å². The predicted octanol–water partition coefficient (Wildman–Crippen LogP) is 2.44. The van der Waals surface area contributed by atoms with Crippen LogP contribution in [0.1, 0.15) is 12.8 Å². The van der Waals surface area contributed by atoms with Crippen LogP contribution in [0.3, 0.4) is 0 Å². The molecule has 1 aromatic carbocycles. The van der Waals surface area contributed by atoms with Crippen molar-refractivity contribution < 1.29 is 17.2 Å². The van der Waals surface area contributed by atoms with E-state index in [0.717, 1.165) is 31.7 Å². The molecule has 7 heteroatoms. The number of likely N-dealkylation sites (tertiary alicyclic amines) is 1. The van der Waals surface area contributed by atoms with E-state index < -0.39 is 15.6 Å². The zero-order valence-electron chi connectivity index (χ0n) is 11.9. The lowest BCUT2D eigenvalue weighted by molar-refractivity contribution is 0.217. The highest BCUT2D eigenvalue weighted by Gasteiger charge is 2.26. The minimum Gasteiger partial charge on any atom is -0.385 e. The molecule has 0 saturated carbocycles. The van der Waals surface area contributed by atoms with Gasteiger partial charge in [-0.15, -0.1) is 0 Å². The van der Waals surface area contributed by atoms with E-state index in [0.29, 0.717) is 5.92 Å². The summed E-state index contributed by atoms with van der Waals surface area (Å²) in [5.74, 6) is -2.83. The van der Waals surface area contributed by atoms with Crippen LogP contribution in [-0.4, -0.2) is 45.8 Å². The van der Waals surface area contributed by atoms with Crippen molar-refractivity contribution in [3.63, 3.8) is 0 Å². The quantitative estimate of drug-likeness (QED) is 0.906. The Balaban J connectivity index is 1.94. The maximum atomic E-state index is 12.4. The smallest absolute Gasteiger partial charge is 0.341 e. The number of hydrogen-bond donors (Lipinski definition) is 1. The third kappa shape index (κ3) is 4.14. The van der Waals surface area contributed by atoms with Crippen molar-refractivity contribution in [3.8, 4) is 0 Å². The second-order valence-electron chi connectivity index (χ2n) is 5.48. The molecule has 0 spiro atoms. The number of nitrogens with one attached hydrogen (secondary N) is 1. The summed E-state index contributed by atoms with van der Waals surface area (Å²) in [6.45, 7) is 2.95. The summed E-state index contributed by atoms with van der Waals surface area (Å²) in [6.07, 6.45) is 2.34. The fraction of sp³-hybridized carbons (Fsp3) is 0.571. The first-order chi connectivity index (χ1) is 9.89. The van der Waals surface area contributed by atoms with Crippen molar-refractivity contribution in [3.05, 3.63) is 24.3 Å². The number of nitrogens with zero attached hydrogens (tertiary/aromatic N) is 1. The molecule has 0 radical (unpaired) electrons. The summed E-state index contributed by atoms with van der Waals surface area (Å²) in [5.41, 5.74) is 0.747. The molecule has 0 amide bonds. The summed E-state index contributed by atoms with van der Waals surface area (Å²) >= 11 is 0. The van der Waals surface area contributed by atoms with Gasteiger partial charge < -0.3 is 10.2 Å². The molecular weight excluding hydrogens is 298 g/mol. The van der Waals surface area contributed by atoms with E-state index in [1.165, 1.54) is 30.7 Å². The fourth-order valence-corrected chi connectivity index (χ4v) is 3.29. The van der Waals surface area contributed by atoms with E-state index in [4.69, 9.17) is 0 Å². The fourth-order valence-electron chi connectivity index (χ4n) is 2.57. The molecule has 21 heavy (non-hydrogen) atoms. The Morgan fingerprint density at radius 3 is 2.57 bits per heavy atom. The first-order valence-corrected chi connectivity index (χ1v) is 8.49. The van der Waals surface area contributed by atoms with E-state index >= 15 is 0 Å². The average Bonchev–Trinajstić information content (AvgIpc) is 2.45. The van der Waals surface area contributed by atoms with Crippen LogP contribution in [0.4, 0.5) is 14.5 Å². The summed E-state index contributed by atoms with van der Waals surface area (Å²) in [5, 5.41) is 3.23. The monoisotopic (exact) mass is 318 g/mol. The summed E-state index contributed by atoms with van der Waals surface area (Å²) in [6, 6.07) is 5.50. The van der Waals surface area contributed by atoms with Gasteiger partial charge in [-0.2, -0.15) is 8.78 Å². The molecule has 0 bridgehead atoms. The van der Waals surface area contributed by atoms with Crippen molar-refractivity contribution in [2.24, 2.45) is 5.92 Å². The third-order valence-electron chi connectivity index (χ3n) is 3.73. The van der Waals surface area contributed by atoms with Crippen LogP contribution < -0.4 is 5.32 Å².